The van der Waals surface area contributed by atoms with Crippen molar-refractivity contribution < 1.29 is 14.4 Å². The summed E-state index contributed by atoms with van der Waals surface area (Å²) in [4.78, 5) is 50.5. The third kappa shape index (κ3) is 5.42. The van der Waals surface area contributed by atoms with Crippen LogP contribution in [0.5, 0.6) is 0 Å². The molecule has 5 amide bonds. The maximum absolute atomic E-state index is 13.3. The van der Waals surface area contributed by atoms with Gasteiger partial charge in [0.05, 0.1) is 12.5 Å². The predicted octanol–water partition coefficient (Wildman–Crippen LogP) is 4.23. The van der Waals surface area contributed by atoms with Crippen LogP contribution >= 0.6 is 11.6 Å². The van der Waals surface area contributed by atoms with E-state index in [9.17, 15) is 19.3 Å². The fourth-order valence-corrected chi connectivity index (χ4v) is 3.63. The zero-order valence-electron chi connectivity index (χ0n) is 18.0. The molecule has 0 radical (unpaired) electrons. The van der Waals surface area contributed by atoms with E-state index in [0.29, 0.717) is 5.02 Å². The number of urea groups is 2. The van der Waals surface area contributed by atoms with Crippen LogP contribution in [0.15, 0.2) is 47.6 Å². The van der Waals surface area contributed by atoms with Gasteiger partial charge in [0.15, 0.2) is 6.29 Å². The summed E-state index contributed by atoms with van der Waals surface area (Å²) in [5.74, 6) is -1.84. The van der Waals surface area contributed by atoms with Crippen LogP contribution in [0.3, 0.4) is 0 Å². The Morgan fingerprint density at radius 2 is 1.78 bits per heavy atom. The van der Waals surface area contributed by atoms with Crippen molar-refractivity contribution in [2.24, 2.45) is 11.1 Å². The maximum atomic E-state index is 13.3. The minimum absolute atomic E-state index is 0.170. The Balaban J connectivity index is 1.89. The fraction of sp³-hybridized carbons (Fsp3) is 0.318. The van der Waals surface area contributed by atoms with Crippen molar-refractivity contribution in [3.8, 4) is 0 Å². The summed E-state index contributed by atoms with van der Waals surface area (Å²) in [6, 6.07) is 11.6. The van der Waals surface area contributed by atoms with Crippen LogP contribution in [0.1, 0.15) is 23.6 Å². The number of nitrogens with zero attached hydrogens (tertiary/aromatic N) is 3. The second kappa shape index (κ2) is 9.78. The average molecular weight is 458 g/mol. The van der Waals surface area contributed by atoms with Gasteiger partial charge in [0, 0.05) is 22.4 Å². The standard InChI is InChI=1S/C22H24ClN5O4/c1-13-8-14(2)10-18(9-13)24-20-25-21(30)28(11-15(3)19(29)26-32)22(31)27(20)12-16-4-6-17(23)7-5-16/h4-10,15,20,24H,11-12H2,1-3H3,(H,25,30)/t15-,20?/m0/s1. The molecule has 2 N–H and O–H groups in total. The monoisotopic (exact) mass is 457 g/mol. The minimum Gasteiger partial charge on any atom is -0.348 e. The highest BCUT2D eigenvalue weighted by Gasteiger charge is 2.39. The molecule has 1 fully saturated rings. The summed E-state index contributed by atoms with van der Waals surface area (Å²) < 4.78 is 0. The first-order valence-corrected chi connectivity index (χ1v) is 10.4. The van der Waals surface area contributed by atoms with Crippen LogP contribution in [-0.4, -0.2) is 40.6 Å². The number of aryl methyl sites for hydroxylation is 2. The molecule has 0 bridgehead atoms. The largest absolute Gasteiger partial charge is 0.348 e. The number of benzene rings is 2. The highest BCUT2D eigenvalue weighted by atomic mass is 35.5. The van der Waals surface area contributed by atoms with Crippen LogP contribution < -0.4 is 10.6 Å². The van der Waals surface area contributed by atoms with E-state index in [0.717, 1.165) is 27.3 Å². The minimum atomic E-state index is -0.926. The molecule has 2 atom stereocenters. The Morgan fingerprint density at radius 3 is 2.38 bits per heavy atom. The second-order valence-corrected chi connectivity index (χ2v) is 8.29. The Bertz CT molecular complexity index is 1020. The van der Waals surface area contributed by atoms with Gasteiger partial charge in [-0.1, -0.05) is 36.7 Å². The molecule has 0 aliphatic carbocycles. The van der Waals surface area contributed by atoms with Crippen molar-refractivity contribution in [2.75, 3.05) is 11.9 Å². The Labute approximate surface area is 190 Å². The number of nitroso groups, excluding NO2 is 1. The Morgan fingerprint density at radius 1 is 1.16 bits per heavy atom. The molecule has 2 aromatic carbocycles. The highest BCUT2D eigenvalue weighted by molar-refractivity contribution is 6.30. The molecule has 1 saturated heterocycles. The number of hydrogen-bond donors (Lipinski definition) is 2. The molecule has 9 nitrogen and oxygen atoms in total. The molecule has 168 valence electrons. The van der Waals surface area contributed by atoms with Crippen LogP contribution in [0.4, 0.5) is 15.3 Å². The lowest BCUT2D eigenvalue weighted by Crippen LogP contribution is -2.67. The van der Waals surface area contributed by atoms with Gasteiger partial charge in [0.2, 0.25) is 0 Å². The van der Waals surface area contributed by atoms with Gasteiger partial charge in [-0.2, -0.15) is 0 Å². The van der Waals surface area contributed by atoms with E-state index in [-0.39, 0.29) is 13.1 Å². The number of carbonyl (C=O) groups excluding carboxylic acids is 3. The molecule has 2 aromatic rings. The van der Waals surface area contributed by atoms with Crippen molar-refractivity contribution in [3.63, 3.8) is 0 Å². The number of nitrogens with one attached hydrogen (secondary N) is 2. The number of anilines is 1. The summed E-state index contributed by atoms with van der Waals surface area (Å²) in [7, 11) is 0. The number of imide groups is 1. The first-order valence-electron chi connectivity index (χ1n) is 10.0. The van der Waals surface area contributed by atoms with Crippen molar-refractivity contribution in [3.05, 3.63) is 69.1 Å². The molecule has 0 saturated carbocycles. The molecular formula is C22H24ClN5O4. The number of rotatable bonds is 7. The third-order valence-corrected chi connectivity index (χ3v) is 5.30. The van der Waals surface area contributed by atoms with Gasteiger partial charge < -0.3 is 5.32 Å². The van der Waals surface area contributed by atoms with E-state index in [2.05, 4.69) is 15.8 Å². The third-order valence-electron chi connectivity index (χ3n) is 5.05. The Kier molecular flexibility index (Phi) is 7.09. The molecule has 1 aliphatic rings. The van der Waals surface area contributed by atoms with Crippen LogP contribution in [-0.2, 0) is 11.3 Å². The van der Waals surface area contributed by atoms with Crippen molar-refractivity contribution in [2.45, 2.75) is 33.6 Å². The van der Waals surface area contributed by atoms with Gasteiger partial charge >= 0.3 is 12.1 Å². The zero-order chi connectivity index (χ0) is 23.4. The van der Waals surface area contributed by atoms with E-state index >= 15 is 0 Å². The molecule has 1 unspecified atom stereocenters. The quantitative estimate of drug-likeness (QED) is 0.604. The van der Waals surface area contributed by atoms with Gasteiger partial charge in [-0.15, -0.1) is 4.91 Å². The summed E-state index contributed by atoms with van der Waals surface area (Å²) in [5.41, 5.74) is 3.59. The smallest absolute Gasteiger partial charge is 0.331 e. The van der Waals surface area contributed by atoms with Gasteiger partial charge in [-0.25, -0.2) is 14.5 Å². The normalized spacial score (nSPS) is 17.1. The summed E-state index contributed by atoms with van der Waals surface area (Å²) in [5, 5.41) is 8.91. The van der Waals surface area contributed by atoms with E-state index < -0.39 is 30.2 Å². The van der Waals surface area contributed by atoms with Gasteiger partial charge in [-0.05, 0) is 54.8 Å². The maximum Gasteiger partial charge on any atom is 0.331 e. The Hall–Kier alpha value is -3.46. The van der Waals surface area contributed by atoms with Crippen molar-refractivity contribution in [1.82, 2.24) is 15.1 Å². The molecule has 10 heteroatoms. The lowest BCUT2D eigenvalue weighted by molar-refractivity contribution is -0.121. The molecule has 32 heavy (non-hydrogen) atoms. The number of hydrogen-bond acceptors (Lipinski definition) is 5. The first-order chi connectivity index (χ1) is 15.2. The van der Waals surface area contributed by atoms with E-state index in [4.69, 9.17) is 11.6 Å². The van der Waals surface area contributed by atoms with Crippen molar-refractivity contribution in [1.29, 1.82) is 0 Å². The predicted molar refractivity (Wildman–Crippen MR) is 121 cm³/mol. The summed E-state index contributed by atoms with van der Waals surface area (Å²) >= 11 is 5.97. The molecule has 0 aromatic heterocycles. The summed E-state index contributed by atoms with van der Waals surface area (Å²) in [6.07, 6.45) is -0.835. The van der Waals surface area contributed by atoms with Crippen LogP contribution in [0.25, 0.3) is 0 Å². The average Bonchev–Trinajstić information content (AvgIpc) is 2.73. The van der Waals surface area contributed by atoms with Gasteiger partial charge in [0.1, 0.15) is 0 Å². The molecule has 0 spiro atoms. The lowest BCUT2D eigenvalue weighted by Gasteiger charge is -2.41. The van der Waals surface area contributed by atoms with E-state index in [1.807, 2.05) is 32.0 Å². The highest BCUT2D eigenvalue weighted by Crippen LogP contribution is 2.21. The van der Waals surface area contributed by atoms with Crippen LogP contribution in [0, 0.1) is 24.7 Å². The SMILES string of the molecule is Cc1cc(C)cc(NC2NC(=O)N(C[C@H](C)C(=O)N=O)C(=O)N2Cc2ccc(Cl)cc2)c1. The first kappa shape index (κ1) is 23.2. The van der Waals surface area contributed by atoms with Crippen LogP contribution in [0.2, 0.25) is 5.02 Å². The fourth-order valence-electron chi connectivity index (χ4n) is 3.50. The molecule has 1 heterocycles. The topological polar surface area (TPSA) is 111 Å². The van der Waals surface area contributed by atoms with Gasteiger partial charge in [0.25, 0.3) is 5.91 Å². The lowest BCUT2D eigenvalue weighted by atomic mass is 10.1. The van der Waals surface area contributed by atoms with E-state index in [1.165, 1.54) is 11.8 Å². The van der Waals surface area contributed by atoms with Gasteiger partial charge in [-0.3, -0.25) is 15.0 Å². The number of carbonyl (C=O) groups is 3. The second-order valence-electron chi connectivity index (χ2n) is 7.85. The van der Waals surface area contributed by atoms with E-state index in [1.54, 1.807) is 24.3 Å². The van der Waals surface area contributed by atoms with Crippen molar-refractivity contribution >= 4 is 35.3 Å². The summed E-state index contributed by atoms with van der Waals surface area (Å²) in [6.45, 7) is 5.25. The number of amides is 5. The zero-order valence-corrected chi connectivity index (χ0v) is 18.7. The molecule has 3 rings (SSSR count). The molecule has 1 aliphatic heterocycles. The number of halogens is 1. The molecular weight excluding hydrogens is 434 g/mol.